The van der Waals surface area contributed by atoms with E-state index in [0.29, 0.717) is 5.56 Å². The van der Waals surface area contributed by atoms with Crippen molar-refractivity contribution in [1.82, 2.24) is 5.32 Å². The summed E-state index contributed by atoms with van der Waals surface area (Å²) >= 11 is 0. The molecule has 3 aromatic carbocycles. The highest BCUT2D eigenvalue weighted by Gasteiger charge is 2.06. The molecule has 3 rings (SSSR count). The predicted molar refractivity (Wildman–Crippen MR) is 103 cm³/mol. The average Bonchev–Trinajstić information content (AvgIpc) is 2.74. The smallest absolute Gasteiger partial charge is 0.322 e. The number of nitrogens with one attached hydrogen (secondary N) is 1. The molecule has 0 atom stereocenters. The van der Waals surface area contributed by atoms with Gasteiger partial charge in [-0.15, -0.1) is 0 Å². The Morgan fingerprint density at radius 2 is 1.00 bits per heavy atom. The molecule has 0 radical (unpaired) electrons. The highest BCUT2D eigenvalue weighted by molar-refractivity contribution is 6.08. The van der Waals surface area contributed by atoms with Crippen LogP contribution in [-0.4, -0.2) is 29.3 Å². The van der Waals surface area contributed by atoms with Crippen molar-refractivity contribution in [2.45, 2.75) is 0 Å². The van der Waals surface area contributed by atoms with Gasteiger partial charge in [0.15, 0.2) is 5.78 Å². The molecule has 0 aromatic heterocycles. The Morgan fingerprint density at radius 3 is 1.37 bits per heavy atom. The zero-order chi connectivity index (χ0) is 19.5. The van der Waals surface area contributed by atoms with Crippen molar-refractivity contribution in [3.63, 3.8) is 0 Å². The number of carbonyl (C=O) groups excluding carboxylic acids is 2. The van der Waals surface area contributed by atoms with Crippen LogP contribution in [-0.2, 0) is 4.79 Å². The van der Waals surface area contributed by atoms with Gasteiger partial charge in [0.1, 0.15) is 6.54 Å². The van der Waals surface area contributed by atoms with Crippen molar-refractivity contribution in [3.05, 3.63) is 108 Å². The third-order valence-electron chi connectivity index (χ3n) is 3.51. The summed E-state index contributed by atoms with van der Waals surface area (Å²) in [4.78, 5) is 33.1. The third-order valence-corrected chi connectivity index (χ3v) is 3.51. The lowest BCUT2D eigenvalue weighted by Crippen LogP contribution is -2.29. The van der Waals surface area contributed by atoms with E-state index in [1.165, 1.54) is 0 Å². The van der Waals surface area contributed by atoms with E-state index in [4.69, 9.17) is 5.11 Å². The van der Waals surface area contributed by atoms with Gasteiger partial charge in [0.05, 0.1) is 0 Å². The second kappa shape index (κ2) is 10.3. The maximum Gasteiger partial charge on any atom is 0.322 e. The molecule has 0 unspecified atom stereocenters. The fourth-order valence-electron chi connectivity index (χ4n) is 2.19. The highest BCUT2D eigenvalue weighted by Crippen LogP contribution is 2.08. The molecule has 0 bridgehead atoms. The molecule has 136 valence electrons. The summed E-state index contributed by atoms with van der Waals surface area (Å²) in [7, 11) is 0. The van der Waals surface area contributed by atoms with E-state index in [9.17, 15) is 14.4 Å². The minimum absolute atomic E-state index is 0.0752. The second-order valence-electron chi connectivity index (χ2n) is 5.50. The van der Waals surface area contributed by atoms with Crippen LogP contribution in [0.5, 0.6) is 0 Å². The van der Waals surface area contributed by atoms with Crippen molar-refractivity contribution < 1.29 is 19.5 Å². The maximum atomic E-state index is 11.8. The van der Waals surface area contributed by atoms with Crippen LogP contribution in [0.15, 0.2) is 91.0 Å². The molecule has 2 N–H and O–H groups in total. The third kappa shape index (κ3) is 6.59. The average molecular weight is 361 g/mol. The van der Waals surface area contributed by atoms with Crippen LogP contribution in [0.3, 0.4) is 0 Å². The molecule has 5 nitrogen and oxygen atoms in total. The zero-order valence-corrected chi connectivity index (χ0v) is 14.5. The highest BCUT2D eigenvalue weighted by atomic mass is 16.4. The van der Waals surface area contributed by atoms with Crippen molar-refractivity contribution in [2.24, 2.45) is 0 Å². The second-order valence-corrected chi connectivity index (χ2v) is 5.50. The van der Waals surface area contributed by atoms with E-state index in [0.717, 1.165) is 11.1 Å². The van der Waals surface area contributed by atoms with E-state index in [1.807, 2.05) is 60.7 Å². The topological polar surface area (TPSA) is 83.5 Å². The lowest BCUT2D eigenvalue weighted by atomic mass is 10.0. The van der Waals surface area contributed by atoms with Crippen LogP contribution in [0, 0.1) is 0 Å². The Kier molecular flexibility index (Phi) is 7.48. The van der Waals surface area contributed by atoms with Gasteiger partial charge in [-0.1, -0.05) is 78.9 Å². The minimum atomic E-state index is -1.05. The first-order chi connectivity index (χ1) is 13.1. The number of hydrogen-bond acceptors (Lipinski definition) is 3. The Hall–Kier alpha value is -3.73. The Morgan fingerprint density at radius 1 is 0.630 bits per heavy atom. The number of hydrogen-bond donors (Lipinski definition) is 2. The van der Waals surface area contributed by atoms with Crippen LogP contribution < -0.4 is 5.32 Å². The van der Waals surface area contributed by atoms with Crippen molar-refractivity contribution >= 4 is 17.7 Å². The Bertz CT molecular complexity index is 836. The zero-order valence-electron chi connectivity index (χ0n) is 14.5. The van der Waals surface area contributed by atoms with E-state index in [-0.39, 0.29) is 18.2 Å². The lowest BCUT2D eigenvalue weighted by Gasteiger charge is -2.00. The molecule has 3 aromatic rings. The molecule has 1 amide bonds. The summed E-state index contributed by atoms with van der Waals surface area (Å²) < 4.78 is 0. The number of carboxylic acids is 1. The van der Waals surface area contributed by atoms with Crippen LogP contribution in [0.4, 0.5) is 0 Å². The standard InChI is InChI=1S/C13H10O.C9H9NO3/c14-13(11-7-3-1-4-8-11)12-9-5-2-6-10-12;11-8(12)6-10-9(13)7-4-2-1-3-5-7/h1-10H;1-5H,6H2,(H,10,13)(H,11,12). The van der Waals surface area contributed by atoms with Gasteiger partial charge in [-0.25, -0.2) is 0 Å². The molecular formula is C22H19NO4. The fourth-order valence-corrected chi connectivity index (χ4v) is 2.19. The van der Waals surface area contributed by atoms with Crippen molar-refractivity contribution in [1.29, 1.82) is 0 Å². The van der Waals surface area contributed by atoms with E-state index in [2.05, 4.69) is 5.32 Å². The largest absolute Gasteiger partial charge is 0.480 e. The monoisotopic (exact) mass is 361 g/mol. The fraction of sp³-hybridized carbons (Fsp3) is 0.0455. The van der Waals surface area contributed by atoms with Gasteiger partial charge in [-0.05, 0) is 12.1 Å². The Balaban J connectivity index is 0.000000194. The van der Waals surface area contributed by atoms with Crippen molar-refractivity contribution in [3.8, 4) is 0 Å². The van der Waals surface area contributed by atoms with Gasteiger partial charge in [-0.3, -0.25) is 14.4 Å². The normalized spacial score (nSPS) is 9.48. The molecule has 5 heteroatoms. The van der Waals surface area contributed by atoms with Gasteiger partial charge in [0.2, 0.25) is 0 Å². The quantitative estimate of drug-likeness (QED) is 0.682. The van der Waals surface area contributed by atoms with E-state index in [1.54, 1.807) is 30.3 Å². The molecule has 0 spiro atoms. The van der Waals surface area contributed by atoms with Gasteiger partial charge in [0, 0.05) is 16.7 Å². The summed E-state index contributed by atoms with van der Waals surface area (Å²) in [6.45, 7) is -0.353. The first-order valence-electron chi connectivity index (χ1n) is 8.28. The van der Waals surface area contributed by atoms with E-state index >= 15 is 0 Å². The molecule has 27 heavy (non-hydrogen) atoms. The van der Waals surface area contributed by atoms with E-state index < -0.39 is 5.97 Å². The van der Waals surface area contributed by atoms with Crippen LogP contribution in [0.1, 0.15) is 26.3 Å². The lowest BCUT2D eigenvalue weighted by molar-refractivity contribution is -0.135. The van der Waals surface area contributed by atoms with Gasteiger partial charge in [-0.2, -0.15) is 0 Å². The molecular weight excluding hydrogens is 342 g/mol. The number of amides is 1. The first kappa shape index (κ1) is 19.6. The molecule has 0 aliphatic heterocycles. The maximum absolute atomic E-state index is 11.8. The number of rotatable bonds is 5. The molecule has 0 heterocycles. The summed E-state index contributed by atoms with van der Waals surface area (Å²) in [6.07, 6.45) is 0. The molecule has 0 saturated carbocycles. The first-order valence-corrected chi connectivity index (χ1v) is 8.28. The SMILES string of the molecule is O=C(O)CNC(=O)c1ccccc1.O=C(c1ccccc1)c1ccccc1. The van der Waals surface area contributed by atoms with Gasteiger partial charge >= 0.3 is 5.97 Å². The van der Waals surface area contributed by atoms with Crippen LogP contribution >= 0.6 is 0 Å². The molecule has 0 aliphatic carbocycles. The summed E-state index contributed by atoms with van der Waals surface area (Å²) in [5, 5.41) is 10.6. The number of ketones is 1. The number of benzene rings is 3. The summed E-state index contributed by atoms with van der Waals surface area (Å²) in [6, 6.07) is 27.1. The van der Waals surface area contributed by atoms with Gasteiger partial charge < -0.3 is 10.4 Å². The predicted octanol–water partition coefficient (Wildman–Crippen LogP) is 3.42. The minimum Gasteiger partial charge on any atom is -0.480 e. The number of aliphatic carboxylic acids is 1. The number of carboxylic acid groups (broad SMARTS) is 1. The molecule has 0 saturated heterocycles. The summed E-state index contributed by atoms with van der Waals surface area (Å²) in [5.41, 5.74) is 1.93. The summed E-state index contributed by atoms with van der Waals surface area (Å²) in [5.74, 6) is -1.35. The van der Waals surface area contributed by atoms with Crippen LogP contribution in [0.25, 0.3) is 0 Å². The Labute approximate surface area is 157 Å². The van der Waals surface area contributed by atoms with Gasteiger partial charge in [0.25, 0.3) is 5.91 Å². The molecule has 0 fully saturated rings. The molecule has 0 aliphatic rings. The van der Waals surface area contributed by atoms with Crippen LogP contribution in [0.2, 0.25) is 0 Å². The number of carbonyl (C=O) groups is 3. The van der Waals surface area contributed by atoms with Crippen molar-refractivity contribution in [2.75, 3.05) is 6.54 Å².